The van der Waals surface area contributed by atoms with Crippen molar-refractivity contribution in [2.45, 2.75) is 52.1 Å². The summed E-state index contributed by atoms with van der Waals surface area (Å²) in [5.74, 6) is 0.678. The summed E-state index contributed by atoms with van der Waals surface area (Å²) in [4.78, 5) is 23.4. The van der Waals surface area contributed by atoms with E-state index >= 15 is 0 Å². The van der Waals surface area contributed by atoms with E-state index in [0.717, 1.165) is 36.3 Å². The molecule has 0 saturated heterocycles. The molecule has 2 rings (SSSR count). The highest BCUT2D eigenvalue weighted by atomic mass is 16.5. The van der Waals surface area contributed by atoms with Gasteiger partial charge >= 0.3 is 0 Å². The molecule has 2 aromatic rings. The largest absolute Gasteiger partial charge is 0.489 e. The van der Waals surface area contributed by atoms with Crippen LogP contribution in [-0.2, 0) is 16.2 Å². The van der Waals surface area contributed by atoms with Gasteiger partial charge in [-0.3, -0.25) is 9.59 Å². The zero-order chi connectivity index (χ0) is 21.4. The molecular formula is C24H31N3O3. The van der Waals surface area contributed by atoms with E-state index in [1.807, 2.05) is 54.6 Å². The Hall–Kier alpha value is -3.15. The Kier molecular flexibility index (Phi) is 10.7. The SMILES string of the molecule is CCCCNC(=O)CCCCC(=O)N/N=C/c1ccc(OCc2ccccc2)cc1. The lowest BCUT2D eigenvalue weighted by atomic mass is 10.2. The van der Waals surface area contributed by atoms with E-state index < -0.39 is 0 Å². The first-order valence-electron chi connectivity index (χ1n) is 10.5. The van der Waals surface area contributed by atoms with Gasteiger partial charge in [0, 0.05) is 19.4 Å². The van der Waals surface area contributed by atoms with E-state index in [-0.39, 0.29) is 11.8 Å². The van der Waals surface area contributed by atoms with Gasteiger partial charge in [0.1, 0.15) is 12.4 Å². The zero-order valence-electron chi connectivity index (χ0n) is 17.6. The van der Waals surface area contributed by atoms with Crippen molar-refractivity contribution in [2.24, 2.45) is 5.10 Å². The first-order chi connectivity index (χ1) is 14.7. The quantitative estimate of drug-likeness (QED) is 0.296. The van der Waals surface area contributed by atoms with Crippen LogP contribution in [0.5, 0.6) is 5.75 Å². The molecule has 0 heterocycles. The van der Waals surface area contributed by atoms with Crippen molar-refractivity contribution in [3.8, 4) is 5.75 Å². The number of nitrogens with one attached hydrogen (secondary N) is 2. The fraction of sp³-hybridized carbons (Fsp3) is 0.375. The Morgan fingerprint density at radius 3 is 2.33 bits per heavy atom. The lowest BCUT2D eigenvalue weighted by Gasteiger charge is -2.06. The predicted octanol–water partition coefficient (Wildman–Crippen LogP) is 4.19. The zero-order valence-corrected chi connectivity index (χ0v) is 17.6. The molecule has 0 bridgehead atoms. The average Bonchev–Trinajstić information content (AvgIpc) is 2.77. The second kappa shape index (κ2) is 13.9. The Balaban J connectivity index is 1.60. The van der Waals surface area contributed by atoms with Gasteiger partial charge in [-0.25, -0.2) is 5.43 Å². The van der Waals surface area contributed by atoms with Crippen LogP contribution in [0.2, 0.25) is 0 Å². The fourth-order valence-electron chi connectivity index (χ4n) is 2.69. The highest BCUT2D eigenvalue weighted by Gasteiger charge is 2.03. The van der Waals surface area contributed by atoms with Gasteiger partial charge in [0.2, 0.25) is 11.8 Å². The third-order valence-electron chi connectivity index (χ3n) is 4.44. The summed E-state index contributed by atoms with van der Waals surface area (Å²) < 4.78 is 5.75. The minimum absolute atomic E-state index is 0.0538. The Morgan fingerprint density at radius 2 is 1.63 bits per heavy atom. The molecule has 2 amide bonds. The molecule has 0 atom stereocenters. The van der Waals surface area contributed by atoms with Crippen LogP contribution in [0.15, 0.2) is 59.7 Å². The lowest BCUT2D eigenvalue weighted by Crippen LogP contribution is -2.24. The van der Waals surface area contributed by atoms with Gasteiger partial charge in [0.25, 0.3) is 0 Å². The molecule has 0 aliphatic heterocycles. The maximum absolute atomic E-state index is 11.8. The van der Waals surface area contributed by atoms with Crippen molar-refractivity contribution in [1.29, 1.82) is 0 Å². The summed E-state index contributed by atoms with van der Waals surface area (Å²) in [7, 11) is 0. The number of unbranched alkanes of at least 4 members (excludes halogenated alkanes) is 2. The van der Waals surface area contributed by atoms with Crippen molar-refractivity contribution in [2.75, 3.05) is 6.54 Å². The minimum Gasteiger partial charge on any atom is -0.489 e. The smallest absolute Gasteiger partial charge is 0.240 e. The number of amides is 2. The molecule has 30 heavy (non-hydrogen) atoms. The summed E-state index contributed by atoms with van der Waals surface area (Å²) in [6, 6.07) is 17.5. The Bertz CT molecular complexity index is 789. The van der Waals surface area contributed by atoms with Crippen molar-refractivity contribution >= 4 is 18.0 Å². The van der Waals surface area contributed by atoms with Crippen LogP contribution in [-0.4, -0.2) is 24.6 Å². The van der Waals surface area contributed by atoms with Crippen molar-refractivity contribution < 1.29 is 14.3 Å². The summed E-state index contributed by atoms with van der Waals surface area (Å²) >= 11 is 0. The molecule has 0 spiro atoms. The Morgan fingerprint density at radius 1 is 0.933 bits per heavy atom. The molecule has 0 saturated carbocycles. The van der Waals surface area contributed by atoms with Crippen molar-refractivity contribution in [3.05, 3.63) is 65.7 Å². The number of hydrazone groups is 1. The van der Waals surface area contributed by atoms with Crippen LogP contribution in [0.4, 0.5) is 0 Å². The molecule has 0 aromatic heterocycles. The average molecular weight is 410 g/mol. The molecule has 0 radical (unpaired) electrons. The number of carbonyl (C=O) groups is 2. The van der Waals surface area contributed by atoms with Gasteiger partial charge in [0.05, 0.1) is 6.21 Å². The third-order valence-corrected chi connectivity index (χ3v) is 4.44. The summed E-state index contributed by atoms with van der Waals surface area (Å²) in [5.41, 5.74) is 4.50. The van der Waals surface area contributed by atoms with Gasteiger partial charge < -0.3 is 10.1 Å². The predicted molar refractivity (Wildman–Crippen MR) is 119 cm³/mol. The molecular weight excluding hydrogens is 378 g/mol. The van der Waals surface area contributed by atoms with Crippen LogP contribution in [0.3, 0.4) is 0 Å². The lowest BCUT2D eigenvalue weighted by molar-refractivity contribution is -0.123. The van der Waals surface area contributed by atoms with Crippen LogP contribution in [0.25, 0.3) is 0 Å². The molecule has 6 nitrogen and oxygen atoms in total. The van der Waals surface area contributed by atoms with E-state index in [2.05, 4.69) is 22.8 Å². The number of ether oxygens (including phenoxy) is 1. The summed E-state index contributed by atoms with van der Waals surface area (Å²) in [6.07, 6.45) is 5.82. The van der Waals surface area contributed by atoms with Crippen molar-refractivity contribution in [3.63, 3.8) is 0 Å². The van der Waals surface area contributed by atoms with E-state index in [0.29, 0.717) is 32.3 Å². The van der Waals surface area contributed by atoms with E-state index in [9.17, 15) is 9.59 Å². The van der Waals surface area contributed by atoms with Gasteiger partial charge in [-0.1, -0.05) is 43.7 Å². The topological polar surface area (TPSA) is 79.8 Å². The monoisotopic (exact) mass is 409 g/mol. The van der Waals surface area contributed by atoms with E-state index in [4.69, 9.17) is 4.74 Å². The Labute approximate surface area is 178 Å². The molecule has 160 valence electrons. The highest BCUT2D eigenvalue weighted by molar-refractivity contribution is 5.82. The van der Waals surface area contributed by atoms with Gasteiger partial charge in [-0.2, -0.15) is 5.10 Å². The molecule has 0 unspecified atom stereocenters. The molecule has 2 N–H and O–H groups in total. The number of benzene rings is 2. The second-order valence-electron chi connectivity index (χ2n) is 7.05. The normalized spacial score (nSPS) is 10.7. The van der Waals surface area contributed by atoms with Crippen LogP contribution in [0.1, 0.15) is 56.6 Å². The summed E-state index contributed by atoms with van der Waals surface area (Å²) in [6.45, 7) is 3.33. The first kappa shape index (κ1) is 23.1. The molecule has 6 heteroatoms. The first-order valence-corrected chi connectivity index (χ1v) is 10.5. The molecule has 2 aromatic carbocycles. The maximum Gasteiger partial charge on any atom is 0.240 e. The molecule has 0 aliphatic carbocycles. The number of hydrogen-bond donors (Lipinski definition) is 2. The minimum atomic E-state index is -0.152. The van der Waals surface area contributed by atoms with E-state index in [1.54, 1.807) is 6.21 Å². The van der Waals surface area contributed by atoms with Crippen LogP contribution >= 0.6 is 0 Å². The van der Waals surface area contributed by atoms with Gasteiger partial charge in [-0.15, -0.1) is 0 Å². The van der Waals surface area contributed by atoms with E-state index in [1.165, 1.54) is 0 Å². The standard InChI is InChI=1S/C24H31N3O3/c1-2-3-17-25-23(28)11-7-8-12-24(29)27-26-18-20-13-15-22(16-14-20)30-19-21-9-5-4-6-10-21/h4-6,9-10,13-16,18H,2-3,7-8,11-12,17,19H2,1H3,(H,25,28)(H,27,29)/b26-18+. The number of carbonyl (C=O) groups excluding carboxylic acids is 2. The van der Waals surface area contributed by atoms with Crippen LogP contribution < -0.4 is 15.5 Å². The number of hydrogen-bond acceptors (Lipinski definition) is 4. The number of nitrogens with zero attached hydrogens (tertiary/aromatic N) is 1. The fourth-order valence-corrected chi connectivity index (χ4v) is 2.69. The molecule has 0 aliphatic rings. The number of rotatable bonds is 13. The summed E-state index contributed by atoms with van der Waals surface area (Å²) in [5, 5.41) is 6.86. The van der Waals surface area contributed by atoms with Crippen LogP contribution in [0, 0.1) is 0 Å². The third kappa shape index (κ3) is 9.87. The van der Waals surface area contributed by atoms with Crippen molar-refractivity contribution in [1.82, 2.24) is 10.7 Å². The van der Waals surface area contributed by atoms with Gasteiger partial charge in [-0.05, 0) is 54.7 Å². The van der Waals surface area contributed by atoms with Gasteiger partial charge in [0.15, 0.2) is 0 Å². The molecule has 0 fully saturated rings. The maximum atomic E-state index is 11.8. The second-order valence-corrected chi connectivity index (χ2v) is 7.05. The highest BCUT2D eigenvalue weighted by Crippen LogP contribution is 2.13.